The van der Waals surface area contributed by atoms with E-state index >= 15 is 0 Å². The van der Waals surface area contributed by atoms with Gasteiger partial charge in [0.2, 0.25) is 0 Å². The SMILES string of the molecule is C[C@H](c1cccc(NC(N)=O)c1)N1CCOCC1. The van der Waals surface area contributed by atoms with Crippen LogP contribution in [0.25, 0.3) is 0 Å². The summed E-state index contributed by atoms with van der Waals surface area (Å²) in [6, 6.07) is 7.56. The number of benzene rings is 1. The van der Waals surface area contributed by atoms with E-state index in [4.69, 9.17) is 10.5 Å². The summed E-state index contributed by atoms with van der Waals surface area (Å²) in [6.45, 7) is 5.60. The van der Waals surface area contributed by atoms with E-state index in [0.29, 0.717) is 6.04 Å². The molecule has 5 nitrogen and oxygen atoms in total. The number of morpholine rings is 1. The number of hydrogen-bond donors (Lipinski definition) is 2. The van der Waals surface area contributed by atoms with Crippen molar-refractivity contribution in [2.45, 2.75) is 13.0 Å². The second-order valence-corrected chi connectivity index (χ2v) is 4.44. The summed E-state index contributed by atoms with van der Waals surface area (Å²) in [4.78, 5) is 13.2. The molecule has 1 fully saturated rings. The van der Waals surface area contributed by atoms with Gasteiger partial charge in [0.05, 0.1) is 13.2 Å². The number of carbonyl (C=O) groups is 1. The Morgan fingerprint density at radius 2 is 2.17 bits per heavy atom. The van der Waals surface area contributed by atoms with E-state index in [-0.39, 0.29) is 0 Å². The van der Waals surface area contributed by atoms with Gasteiger partial charge in [-0.25, -0.2) is 4.79 Å². The first-order chi connectivity index (χ1) is 8.66. The fourth-order valence-corrected chi connectivity index (χ4v) is 2.19. The molecule has 1 aliphatic rings. The van der Waals surface area contributed by atoms with Crippen molar-refractivity contribution in [2.75, 3.05) is 31.6 Å². The zero-order valence-electron chi connectivity index (χ0n) is 10.6. The van der Waals surface area contributed by atoms with Crippen LogP contribution in [0.4, 0.5) is 10.5 Å². The van der Waals surface area contributed by atoms with Gasteiger partial charge in [0.1, 0.15) is 0 Å². The van der Waals surface area contributed by atoms with Gasteiger partial charge in [-0.1, -0.05) is 12.1 Å². The number of anilines is 1. The van der Waals surface area contributed by atoms with Crippen LogP contribution in [0.3, 0.4) is 0 Å². The maximum absolute atomic E-state index is 10.8. The number of urea groups is 1. The van der Waals surface area contributed by atoms with Crippen LogP contribution in [0.2, 0.25) is 0 Å². The van der Waals surface area contributed by atoms with Gasteiger partial charge in [-0.15, -0.1) is 0 Å². The van der Waals surface area contributed by atoms with E-state index < -0.39 is 6.03 Å². The minimum Gasteiger partial charge on any atom is -0.379 e. The van der Waals surface area contributed by atoms with Crippen molar-refractivity contribution >= 4 is 11.7 Å². The Bertz CT molecular complexity index is 416. The third-order valence-electron chi connectivity index (χ3n) is 3.23. The van der Waals surface area contributed by atoms with Crippen LogP contribution >= 0.6 is 0 Å². The van der Waals surface area contributed by atoms with Crippen molar-refractivity contribution < 1.29 is 9.53 Å². The van der Waals surface area contributed by atoms with Gasteiger partial charge in [-0.2, -0.15) is 0 Å². The number of amides is 2. The molecule has 5 heteroatoms. The van der Waals surface area contributed by atoms with Gasteiger partial charge < -0.3 is 15.8 Å². The topological polar surface area (TPSA) is 67.6 Å². The third kappa shape index (κ3) is 3.21. The molecular weight excluding hydrogens is 230 g/mol. The molecule has 18 heavy (non-hydrogen) atoms. The number of nitrogens with zero attached hydrogens (tertiary/aromatic N) is 1. The Labute approximate surface area is 107 Å². The predicted octanol–water partition coefficient (Wildman–Crippen LogP) is 1.57. The number of hydrogen-bond acceptors (Lipinski definition) is 3. The summed E-state index contributed by atoms with van der Waals surface area (Å²) in [6.07, 6.45) is 0. The fraction of sp³-hybridized carbons (Fsp3) is 0.462. The molecule has 0 aromatic heterocycles. The van der Waals surface area contributed by atoms with Crippen molar-refractivity contribution in [3.63, 3.8) is 0 Å². The first kappa shape index (κ1) is 12.9. The lowest BCUT2D eigenvalue weighted by Gasteiger charge is -2.32. The summed E-state index contributed by atoms with van der Waals surface area (Å²) < 4.78 is 5.35. The zero-order chi connectivity index (χ0) is 13.0. The highest BCUT2D eigenvalue weighted by molar-refractivity contribution is 5.87. The Hall–Kier alpha value is -1.59. The molecule has 3 N–H and O–H groups in total. The summed E-state index contributed by atoms with van der Waals surface area (Å²) in [7, 11) is 0. The average Bonchev–Trinajstić information content (AvgIpc) is 2.38. The molecule has 0 unspecified atom stereocenters. The van der Waals surface area contributed by atoms with Gasteiger partial charge in [0, 0.05) is 24.8 Å². The van der Waals surface area contributed by atoms with Crippen molar-refractivity contribution in [3.8, 4) is 0 Å². The maximum Gasteiger partial charge on any atom is 0.316 e. The smallest absolute Gasteiger partial charge is 0.316 e. The van der Waals surface area contributed by atoms with Crippen molar-refractivity contribution in [3.05, 3.63) is 29.8 Å². The number of ether oxygens (including phenoxy) is 1. The fourth-order valence-electron chi connectivity index (χ4n) is 2.19. The molecule has 0 spiro atoms. The minimum atomic E-state index is -0.536. The second-order valence-electron chi connectivity index (χ2n) is 4.44. The first-order valence-electron chi connectivity index (χ1n) is 6.15. The molecule has 1 atom stereocenters. The summed E-state index contributed by atoms with van der Waals surface area (Å²) in [5.74, 6) is 0. The van der Waals surface area contributed by atoms with E-state index in [9.17, 15) is 4.79 Å². The van der Waals surface area contributed by atoms with E-state index in [1.54, 1.807) is 0 Å². The van der Waals surface area contributed by atoms with Crippen LogP contribution in [-0.2, 0) is 4.74 Å². The first-order valence-corrected chi connectivity index (χ1v) is 6.15. The normalized spacial score (nSPS) is 18.3. The predicted molar refractivity (Wildman–Crippen MR) is 70.5 cm³/mol. The highest BCUT2D eigenvalue weighted by Gasteiger charge is 2.18. The molecule has 2 amide bonds. The molecular formula is C13H19N3O2. The van der Waals surface area contributed by atoms with Crippen molar-refractivity contribution in [2.24, 2.45) is 5.73 Å². The maximum atomic E-state index is 10.8. The molecule has 0 saturated carbocycles. The Morgan fingerprint density at radius 1 is 1.44 bits per heavy atom. The summed E-state index contributed by atoms with van der Waals surface area (Å²) in [5.41, 5.74) is 7.02. The van der Waals surface area contributed by atoms with Crippen molar-refractivity contribution in [1.82, 2.24) is 4.90 Å². The molecule has 0 aliphatic carbocycles. The summed E-state index contributed by atoms with van der Waals surface area (Å²) in [5, 5.41) is 2.60. The highest BCUT2D eigenvalue weighted by Crippen LogP contribution is 2.23. The van der Waals surface area contributed by atoms with Crippen molar-refractivity contribution in [1.29, 1.82) is 0 Å². The molecule has 1 saturated heterocycles. The largest absolute Gasteiger partial charge is 0.379 e. The average molecular weight is 249 g/mol. The molecule has 0 radical (unpaired) electrons. The van der Waals surface area contributed by atoms with Crippen LogP contribution in [0, 0.1) is 0 Å². The van der Waals surface area contributed by atoms with Crippen LogP contribution in [-0.4, -0.2) is 37.2 Å². The third-order valence-corrected chi connectivity index (χ3v) is 3.23. The number of carbonyl (C=O) groups excluding carboxylic acids is 1. The van der Waals surface area contributed by atoms with Gasteiger partial charge in [0.25, 0.3) is 0 Å². The van der Waals surface area contributed by atoms with E-state index in [0.717, 1.165) is 32.0 Å². The van der Waals surface area contributed by atoms with Crippen LogP contribution < -0.4 is 11.1 Å². The van der Waals surface area contributed by atoms with Gasteiger partial charge in [-0.05, 0) is 24.6 Å². The van der Waals surface area contributed by atoms with E-state index in [1.165, 1.54) is 5.56 Å². The Kier molecular flexibility index (Phi) is 4.17. The molecule has 1 heterocycles. The standard InChI is InChI=1S/C13H19N3O2/c1-10(16-5-7-18-8-6-16)11-3-2-4-12(9-11)15-13(14)17/h2-4,9-10H,5-8H2,1H3,(H3,14,15,17)/t10-/m1/s1. The van der Waals surface area contributed by atoms with Gasteiger partial charge >= 0.3 is 6.03 Å². The highest BCUT2D eigenvalue weighted by atomic mass is 16.5. The molecule has 98 valence electrons. The van der Waals surface area contributed by atoms with Crippen LogP contribution in [0.1, 0.15) is 18.5 Å². The summed E-state index contributed by atoms with van der Waals surface area (Å²) >= 11 is 0. The molecule has 1 aromatic rings. The molecule has 0 bridgehead atoms. The molecule has 1 aromatic carbocycles. The van der Waals surface area contributed by atoms with Crippen LogP contribution in [0.5, 0.6) is 0 Å². The van der Waals surface area contributed by atoms with E-state index in [1.807, 2.05) is 18.2 Å². The Morgan fingerprint density at radius 3 is 2.83 bits per heavy atom. The lowest BCUT2D eigenvalue weighted by molar-refractivity contribution is 0.0199. The minimum absolute atomic E-state index is 0.309. The number of rotatable bonds is 3. The number of nitrogens with two attached hydrogens (primary N) is 1. The van der Waals surface area contributed by atoms with Gasteiger partial charge in [0.15, 0.2) is 0 Å². The van der Waals surface area contributed by atoms with E-state index in [2.05, 4.69) is 23.2 Å². The zero-order valence-corrected chi connectivity index (χ0v) is 10.6. The monoisotopic (exact) mass is 249 g/mol. The lowest BCUT2D eigenvalue weighted by atomic mass is 10.1. The quantitative estimate of drug-likeness (QED) is 0.854. The Balaban J connectivity index is 2.09. The van der Waals surface area contributed by atoms with Gasteiger partial charge in [-0.3, -0.25) is 4.90 Å². The lowest BCUT2D eigenvalue weighted by Crippen LogP contribution is -2.38. The van der Waals surface area contributed by atoms with Crippen LogP contribution in [0.15, 0.2) is 24.3 Å². The second kappa shape index (κ2) is 5.84. The molecule has 2 rings (SSSR count). The molecule has 1 aliphatic heterocycles. The number of nitrogens with one attached hydrogen (secondary N) is 1. The number of primary amides is 1.